The Bertz CT molecular complexity index is 611. The third-order valence-corrected chi connectivity index (χ3v) is 3.22. The number of ether oxygens (including phenoxy) is 1. The molecule has 1 saturated carbocycles. The second-order valence-corrected chi connectivity index (χ2v) is 4.75. The molecule has 1 heterocycles. The van der Waals surface area contributed by atoms with E-state index in [1.54, 1.807) is 6.20 Å². The number of anilines is 1. The molecule has 7 heteroatoms. The van der Waals surface area contributed by atoms with Gasteiger partial charge in [0.05, 0.1) is 11.6 Å². The minimum Gasteiger partial charge on any atom is -0.351 e. The maximum Gasteiger partial charge on any atom is 0.522 e. The van der Waals surface area contributed by atoms with Crippen molar-refractivity contribution in [2.75, 3.05) is 5.32 Å². The van der Waals surface area contributed by atoms with Crippen molar-refractivity contribution in [3.05, 3.63) is 30.5 Å². The van der Waals surface area contributed by atoms with Gasteiger partial charge in [0, 0.05) is 17.6 Å². The summed E-state index contributed by atoms with van der Waals surface area (Å²) in [5, 5.41) is 3.94. The SMILES string of the molecule is FC(F)(F)O[C@H]1C[C@@H](Nc2ncc3ccccc3n2)C1. The molecule has 2 aromatic rings. The van der Waals surface area contributed by atoms with E-state index >= 15 is 0 Å². The van der Waals surface area contributed by atoms with Crippen molar-refractivity contribution >= 4 is 16.9 Å². The second kappa shape index (κ2) is 4.90. The number of hydrogen-bond acceptors (Lipinski definition) is 4. The Balaban J connectivity index is 1.59. The van der Waals surface area contributed by atoms with Crippen molar-refractivity contribution in [3.63, 3.8) is 0 Å². The molecule has 20 heavy (non-hydrogen) atoms. The molecule has 4 nitrogen and oxygen atoms in total. The average Bonchev–Trinajstić information content (AvgIpc) is 2.34. The molecule has 1 N–H and O–H groups in total. The molecule has 0 aliphatic heterocycles. The van der Waals surface area contributed by atoms with E-state index in [0.717, 1.165) is 10.9 Å². The maximum absolute atomic E-state index is 12.0. The summed E-state index contributed by atoms with van der Waals surface area (Å²) >= 11 is 0. The first-order valence-corrected chi connectivity index (χ1v) is 6.22. The summed E-state index contributed by atoms with van der Waals surface area (Å²) in [6.45, 7) is 0. The Morgan fingerprint density at radius 1 is 1.20 bits per heavy atom. The van der Waals surface area contributed by atoms with E-state index in [2.05, 4.69) is 20.0 Å². The zero-order valence-electron chi connectivity index (χ0n) is 10.4. The minimum atomic E-state index is -4.56. The molecular weight excluding hydrogens is 271 g/mol. The highest BCUT2D eigenvalue weighted by Crippen LogP contribution is 2.31. The molecule has 0 radical (unpaired) electrons. The molecule has 1 aromatic carbocycles. The second-order valence-electron chi connectivity index (χ2n) is 4.75. The standard InChI is InChI=1S/C13H12F3N3O/c14-13(15,16)20-10-5-9(6-10)18-12-17-7-8-3-1-2-4-11(8)19-12/h1-4,7,9-10H,5-6H2,(H,17,18,19)/t9-,10+. The van der Waals surface area contributed by atoms with Crippen LogP contribution in [0.25, 0.3) is 10.9 Å². The van der Waals surface area contributed by atoms with E-state index in [0.29, 0.717) is 18.8 Å². The van der Waals surface area contributed by atoms with E-state index < -0.39 is 12.5 Å². The van der Waals surface area contributed by atoms with Crippen LogP contribution in [-0.4, -0.2) is 28.5 Å². The fraction of sp³-hybridized carbons (Fsp3) is 0.385. The third kappa shape index (κ3) is 2.98. The highest BCUT2D eigenvalue weighted by atomic mass is 19.4. The number of aromatic nitrogens is 2. The van der Waals surface area contributed by atoms with Crippen LogP contribution in [0.15, 0.2) is 30.5 Å². The fourth-order valence-electron chi connectivity index (χ4n) is 2.19. The van der Waals surface area contributed by atoms with Gasteiger partial charge in [-0.25, -0.2) is 9.97 Å². The van der Waals surface area contributed by atoms with Crippen LogP contribution in [-0.2, 0) is 4.74 Å². The summed E-state index contributed by atoms with van der Waals surface area (Å²) < 4.78 is 39.9. The molecule has 3 rings (SSSR count). The zero-order valence-corrected chi connectivity index (χ0v) is 10.4. The molecular formula is C13H12F3N3O. The highest BCUT2D eigenvalue weighted by Gasteiger charge is 2.40. The van der Waals surface area contributed by atoms with Gasteiger partial charge in [0.1, 0.15) is 0 Å². The number of halogens is 3. The molecule has 0 spiro atoms. The van der Waals surface area contributed by atoms with Gasteiger partial charge in [0.25, 0.3) is 0 Å². The topological polar surface area (TPSA) is 47.0 Å². The van der Waals surface area contributed by atoms with Gasteiger partial charge >= 0.3 is 6.36 Å². The van der Waals surface area contributed by atoms with E-state index in [1.165, 1.54) is 0 Å². The van der Waals surface area contributed by atoms with E-state index in [1.807, 2.05) is 24.3 Å². The first-order chi connectivity index (χ1) is 9.49. The van der Waals surface area contributed by atoms with Crippen molar-refractivity contribution in [2.24, 2.45) is 0 Å². The molecule has 1 aliphatic rings. The number of benzene rings is 1. The van der Waals surface area contributed by atoms with Crippen LogP contribution < -0.4 is 5.32 Å². The number of fused-ring (bicyclic) bond motifs is 1. The van der Waals surface area contributed by atoms with Crippen LogP contribution in [0.4, 0.5) is 19.1 Å². The van der Waals surface area contributed by atoms with Crippen molar-refractivity contribution in [3.8, 4) is 0 Å². The summed E-state index contributed by atoms with van der Waals surface area (Å²) in [6, 6.07) is 7.44. The van der Waals surface area contributed by atoms with Gasteiger partial charge in [-0.1, -0.05) is 18.2 Å². The number of para-hydroxylation sites is 1. The normalized spacial score (nSPS) is 22.6. The van der Waals surface area contributed by atoms with Crippen molar-refractivity contribution < 1.29 is 17.9 Å². The summed E-state index contributed by atoms with van der Waals surface area (Å²) in [7, 11) is 0. The van der Waals surface area contributed by atoms with Gasteiger partial charge in [-0.15, -0.1) is 13.2 Å². The van der Waals surface area contributed by atoms with Gasteiger partial charge in [-0.2, -0.15) is 0 Å². The van der Waals surface area contributed by atoms with Gasteiger partial charge < -0.3 is 5.32 Å². The molecule has 1 aliphatic carbocycles. The Labute approximate surface area is 113 Å². The Morgan fingerprint density at radius 3 is 2.70 bits per heavy atom. The highest BCUT2D eigenvalue weighted by molar-refractivity contribution is 5.78. The third-order valence-electron chi connectivity index (χ3n) is 3.22. The van der Waals surface area contributed by atoms with Crippen molar-refractivity contribution in [1.82, 2.24) is 9.97 Å². The van der Waals surface area contributed by atoms with Crippen molar-refractivity contribution in [2.45, 2.75) is 31.3 Å². The van der Waals surface area contributed by atoms with Gasteiger partial charge in [0.2, 0.25) is 5.95 Å². The van der Waals surface area contributed by atoms with Crippen LogP contribution in [0, 0.1) is 0 Å². The molecule has 0 atom stereocenters. The molecule has 106 valence electrons. The number of nitrogens with one attached hydrogen (secondary N) is 1. The lowest BCUT2D eigenvalue weighted by molar-refractivity contribution is -0.351. The summed E-state index contributed by atoms with van der Waals surface area (Å²) in [5.41, 5.74) is 0.799. The van der Waals surface area contributed by atoms with Gasteiger partial charge in [0.15, 0.2) is 0 Å². The van der Waals surface area contributed by atoms with Crippen molar-refractivity contribution in [1.29, 1.82) is 0 Å². The van der Waals surface area contributed by atoms with Crippen LogP contribution >= 0.6 is 0 Å². The number of alkyl halides is 3. The van der Waals surface area contributed by atoms with Crippen LogP contribution in [0.2, 0.25) is 0 Å². The van der Waals surface area contributed by atoms with E-state index in [9.17, 15) is 13.2 Å². The summed E-state index contributed by atoms with van der Waals surface area (Å²) in [5.74, 6) is 0.430. The quantitative estimate of drug-likeness (QED) is 0.940. The molecule has 0 amide bonds. The largest absolute Gasteiger partial charge is 0.522 e. The number of nitrogens with zero attached hydrogens (tertiary/aromatic N) is 2. The van der Waals surface area contributed by atoms with Gasteiger partial charge in [-0.05, 0) is 18.9 Å². The van der Waals surface area contributed by atoms with Crippen LogP contribution in [0.1, 0.15) is 12.8 Å². The Hall–Kier alpha value is -1.89. The number of hydrogen-bond donors (Lipinski definition) is 1. The molecule has 1 aromatic heterocycles. The average molecular weight is 283 g/mol. The van der Waals surface area contributed by atoms with E-state index in [-0.39, 0.29) is 6.04 Å². The van der Waals surface area contributed by atoms with Crippen LogP contribution in [0.5, 0.6) is 0 Å². The summed E-state index contributed by atoms with van der Waals surface area (Å²) in [6.07, 6.45) is -3.04. The monoisotopic (exact) mass is 283 g/mol. The first-order valence-electron chi connectivity index (χ1n) is 6.22. The lowest BCUT2D eigenvalue weighted by atomic mass is 9.89. The fourth-order valence-corrected chi connectivity index (χ4v) is 2.19. The summed E-state index contributed by atoms with van der Waals surface area (Å²) in [4.78, 5) is 8.45. The first kappa shape index (κ1) is 13.1. The predicted molar refractivity (Wildman–Crippen MR) is 67.1 cm³/mol. The molecule has 0 unspecified atom stereocenters. The Morgan fingerprint density at radius 2 is 1.95 bits per heavy atom. The lowest BCUT2D eigenvalue weighted by Gasteiger charge is -2.35. The van der Waals surface area contributed by atoms with Crippen LogP contribution in [0.3, 0.4) is 0 Å². The number of rotatable bonds is 3. The predicted octanol–water partition coefficient (Wildman–Crippen LogP) is 3.11. The Kier molecular flexibility index (Phi) is 3.21. The zero-order chi connectivity index (χ0) is 14.2. The maximum atomic E-state index is 12.0. The van der Waals surface area contributed by atoms with Gasteiger partial charge in [-0.3, -0.25) is 4.74 Å². The minimum absolute atomic E-state index is 0.0801. The lowest BCUT2D eigenvalue weighted by Crippen LogP contribution is -2.43. The van der Waals surface area contributed by atoms with E-state index in [4.69, 9.17) is 0 Å². The molecule has 0 bridgehead atoms. The molecule has 0 saturated heterocycles. The molecule has 1 fully saturated rings. The smallest absolute Gasteiger partial charge is 0.351 e.